The second kappa shape index (κ2) is 7.86. The molecule has 0 aliphatic carbocycles. The van der Waals surface area contributed by atoms with Gasteiger partial charge in [0.2, 0.25) is 5.91 Å². The Labute approximate surface area is 143 Å². The third-order valence-electron chi connectivity index (χ3n) is 4.33. The Hall–Kier alpha value is -2.49. The van der Waals surface area contributed by atoms with Gasteiger partial charge < -0.3 is 14.5 Å². The second-order valence-electron chi connectivity index (χ2n) is 6.12. The molecule has 0 spiro atoms. The van der Waals surface area contributed by atoms with Crippen molar-refractivity contribution in [1.29, 1.82) is 0 Å². The number of benzene rings is 2. The zero-order valence-electron chi connectivity index (χ0n) is 14.1. The van der Waals surface area contributed by atoms with Gasteiger partial charge in [0.15, 0.2) is 0 Å². The summed E-state index contributed by atoms with van der Waals surface area (Å²) in [5.74, 6) is 1.01. The summed E-state index contributed by atoms with van der Waals surface area (Å²) in [5.41, 5.74) is 2.39. The summed E-state index contributed by atoms with van der Waals surface area (Å²) < 4.78 is 5.68. The molecule has 0 bridgehead atoms. The number of carbonyl (C=O) groups is 1. The van der Waals surface area contributed by atoms with Crippen molar-refractivity contribution in [2.45, 2.75) is 13.3 Å². The molecule has 1 heterocycles. The average molecular weight is 324 g/mol. The van der Waals surface area contributed by atoms with Crippen LogP contribution in [0.2, 0.25) is 0 Å². The van der Waals surface area contributed by atoms with Gasteiger partial charge in [0.25, 0.3) is 0 Å². The molecule has 0 aromatic heterocycles. The van der Waals surface area contributed by atoms with E-state index in [0.29, 0.717) is 13.0 Å². The summed E-state index contributed by atoms with van der Waals surface area (Å²) in [6.45, 7) is 5.78. The number of ether oxygens (including phenoxy) is 1. The summed E-state index contributed by atoms with van der Waals surface area (Å²) in [5, 5.41) is 0. The van der Waals surface area contributed by atoms with Crippen molar-refractivity contribution in [2.75, 3.05) is 37.7 Å². The number of amides is 1. The monoisotopic (exact) mass is 324 g/mol. The van der Waals surface area contributed by atoms with Crippen LogP contribution in [0.5, 0.6) is 5.75 Å². The van der Waals surface area contributed by atoms with Gasteiger partial charge in [-0.2, -0.15) is 0 Å². The lowest BCUT2D eigenvalue weighted by molar-refractivity contribution is -0.132. The molecule has 1 saturated heterocycles. The molecule has 0 saturated carbocycles. The first-order chi connectivity index (χ1) is 11.7. The number of aryl methyl sites for hydroxylation is 1. The van der Waals surface area contributed by atoms with Crippen molar-refractivity contribution in [2.24, 2.45) is 0 Å². The van der Waals surface area contributed by atoms with E-state index in [2.05, 4.69) is 29.2 Å². The van der Waals surface area contributed by atoms with Gasteiger partial charge in [-0.3, -0.25) is 4.79 Å². The zero-order chi connectivity index (χ0) is 16.8. The van der Waals surface area contributed by atoms with Gasteiger partial charge in [-0.05, 0) is 36.8 Å². The molecule has 0 radical (unpaired) electrons. The molecular formula is C20H24N2O2. The molecule has 0 unspecified atom stereocenters. The molecule has 1 aliphatic heterocycles. The normalized spacial score (nSPS) is 14.5. The zero-order valence-corrected chi connectivity index (χ0v) is 14.1. The van der Waals surface area contributed by atoms with Crippen LogP contribution >= 0.6 is 0 Å². The smallest absolute Gasteiger partial charge is 0.226 e. The van der Waals surface area contributed by atoms with Gasteiger partial charge in [0, 0.05) is 31.9 Å². The highest BCUT2D eigenvalue weighted by Crippen LogP contribution is 2.16. The molecule has 1 aliphatic rings. The van der Waals surface area contributed by atoms with Crippen LogP contribution in [0.25, 0.3) is 0 Å². The predicted molar refractivity (Wildman–Crippen MR) is 96.5 cm³/mol. The number of carbonyl (C=O) groups excluding carboxylic acids is 1. The number of piperazine rings is 1. The highest BCUT2D eigenvalue weighted by atomic mass is 16.5. The summed E-state index contributed by atoms with van der Waals surface area (Å²) in [6.07, 6.45) is 0.430. The topological polar surface area (TPSA) is 32.8 Å². The first-order valence-corrected chi connectivity index (χ1v) is 8.49. The molecule has 2 aromatic carbocycles. The van der Waals surface area contributed by atoms with Gasteiger partial charge in [0.1, 0.15) is 5.75 Å². The van der Waals surface area contributed by atoms with E-state index in [4.69, 9.17) is 4.74 Å². The van der Waals surface area contributed by atoms with Crippen LogP contribution < -0.4 is 9.64 Å². The number of rotatable bonds is 5. The van der Waals surface area contributed by atoms with E-state index in [0.717, 1.165) is 37.5 Å². The van der Waals surface area contributed by atoms with Crippen LogP contribution in [0.3, 0.4) is 0 Å². The third kappa shape index (κ3) is 4.28. The fourth-order valence-electron chi connectivity index (χ4n) is 2.97. The van der Waals surface area contributed by atoms with Crippen LogP contribution in [0.1, 0.15) is 12.0 Å². The Bertz CT molecular complexity index is 664. The van der Waals surface area contributed by atoms with Crippen molar-refractivity contribution >= 4 is 11.6 Å². The maximum Gasteiger partial charge on any atom is 0.226 e. The molecule has 1 amide bonds. The van der Waals surface area contributed by atoms with Crippen LogP contribution in [-0.2, 0) is 4.79 Å². The van der Waals surface area contributed by atoms with Gasteiger partial charge in [0.05, 0.1) is 13.0 Å². The van der Waals surface area contributed by atoms with Crippen LogP contribution in [0.4, 0.5) is 5.69 Å². The number of hydrogen-bond donors (Lipinski definition) is 0. The summed E-state index contributed by atoms with van der Waals surface area (Å²) in [7, 11) is 0. The fraction of sp³-hybridized carbons (Fsp3) is 0.350. The lowest BCUT2D eigenvalue weighted by Crippen LogP contribution is -2.49. The third-order valence-corrected chi connectivity index (χ3v) is 4.33. The van der Waals surface area contributed by atoms with E-state index in [1.54, 1.807) is 0 Å². The predicted octanol–water partition coefficient (Wildman–Crippen LogP) is 3.11. The Morgan fingerprint density at radius 1 is 1.00 bits per heavy atom. The maximum atomic E-state index is 12.3. The van der Waals surface area contributed by atoms with Crippen LogP contribution in [0, 0.1) is 6.92 Å². The Kier molecular flexibility index (Phi) is 5.36. The Morgan fingerprint density at radius 2 is 1.75 bits per heavy atom. The molecule has 1 fully saturated rings. The first-order valence-electron chi connectivity index (χ1n) is 8.49. The number of hydrogen-bond acceptors (Lipinski definition) is 3. The number of anilines is 1. The van der Waals surface area contributed by atoms with E-state index in [9.17, 15) is 4.79 Å². The van der Waals surface area contributed by atoms with E-state index in [1.807, 2.05) is 42.2 Å². The lowest BCUT2D eigenvalue weighted by atomic mass is 10.2. The molecule has 0 atom stereocenters. The Morgan fingerprint density at radius 3 is 2.46 bits per heavy atom. The lowest BCUT2D eigenvalue weighted by Gasteiger charge is -2.36. The number of para-hydroxylation sites is 1. The fourth-order valence-corrected chi connectivity index (χ4v) is 2.97. The van der Waals surface area contributed by atoms with Crippen molar-refractivity contribution in [1.82, 2.24) is 4.90 Å². The molecule has 0 N–H and O–H groups in total. The molecule has 126 valence electrons. The summed E-state index contributed by atoms with van der Waals surface area (Å²) >= 11 is 0. The van der Waals surface area contributed by atoms with Crippen molar-refractivity contribution in [3.63, 3.8) is 0 Å². The average Bonchev–Trinajstić information content (AvgIpc) is 2.63. The highest BCUT2D eigenvalue weighted by Gasteiger charge is 2.20. The minimum absolute atomic E-state index is 0.176. The summed E-state index contributed by atoms with van der Waals surface area (Å²) in [6, 6.07) is 18.3. The molecule has 4 heteroatoms. The van der Waals surface area contributed by atoms with Gasteiger partial charge in [-0.25, -0.2) is 0 Å². The van der Waals surface area contributed by atoms with Crippen molar-refractivity contribution in [3.8, 4) is 5.75 Å². The molecule has 4 nitrogen and oxygen atoms in total. The van der Waals surface area contributed by atoms with E-state index < -0.39 is 0 Å². The van der Waals surface area contributed by atoms with Gasteiger partial charge in [-0.1, -0.05) is 30.3 Å². The summed E-state index contributed by atoms with van der Waals surface area (Å²) in [4.78, 5) is 16.6. The standard InChI is InChI=1S/C20H24N2O2/c1-17-6-5-9-19(16-17)24-15-10-20(23)22-13-11-21(12-14-22)18-7-3-2-4-8-18/h2-9,16H,10-15H2,1H3. The van der Waals surface area contributed by atoms with Gasteiger partial charge >= 0.3 is 0 Å². The SMILES string of the molecule is Cc1cccc(OCCC(=O)N2CCN(c3ccccc3)CC2)c1. The van der Waals surface area contributed by atoms with E-state index in [1.165, 1.54) is 5.69 Å². The second-order valence-corrected chi connectivity index (χ2v) is 6.12. The minimum Gasteiger partial charge on any atom is -0.493 e. The molecule has 24 heavy (non-hydrogen) atoms. The highest BCUT2D eigenvalue weighted by molar-refractivity contribution is 5.76. The van der Waals surface area contributed by atoms with Crippen molar-refractivity contribution in [3.05, 3.63) is 60.2 Å². The Balaban J connectivity index is 1.42. The largest absolute Gasteiger partial charge is 0.493 e. The molecule has 3 rings (SSSR count). The van der Waals surface area contributed by atoms with Gasteiger partial charge in [-0.15, -0.1) is 0 Å². The van der Waals surface area contributed by atoms with Crippen LogP contribution in [-0.4, -0.2) is 43.6 Å². The van der Waals surface area contributed by atoms with E-state index >= 15 is 0 Å². The first kappa shape index (κ1) is 16.4. The van der Waals surface area contributed by atoms with E-state index in [-0.39, 0.29) is 5.91 Å². The minimum atomic E-state index is 0.176. The molecule has 2 aromatic rings. The maximum absolute atomic E-state index is 12.3. The van der Waals surface area contributed by atoms with Crippen LogP contribution in [0.15, 0.2) is 54.6 Å². The quantitative estimate of drug-likeness (QED) is 0.847. The molecular weight excluding hydrogens is 300 g/mol. The van der Waals surface area contributed by atoms with Crippen molar-refractivity contribution < 1.29 is 9.53 Å². The number of nitrogens with zero attached hydrogens (tertiary/aromatic N) is 2.